The number of amides is 4. The molecule has 3 aromatic rings. The van der Waals surface area contributed by atoms with Crippen LogP contribution in [0.25, 0.3) is 0 Å². The second-order valence-electron chi connectivity index (χ2n) is 16.1. The zero-order valence-corrected chi connectivity index (χ0v) is 31.2. The smallest absolute Gasteiger partial charge is 0.262 e. The number of ketones is 1. The van der Waals surface area contributed by atoms with Crippen LogP contribution in [-0.2, 0) is 16.0 Å². The maximum absolute atomic E-state index is 13.5. The molecule has 274 valence electrons. The number of piperidine rings is 1. The van der Waals surface area contributed by atoms with Crippen LogP contribution in [0.1, 0.15) is 102 Å². The number of carbonyl (C=O) groups is 5. The van der Waals surface area contributed by atoms with E-state index in [2.05, 4.69) is 56.1 Å². The average molecular weight is 735 g/mol. The van der Waals surface area contributed by atoms with Crippen molar-refractivity contribution in [1.82, 2.24) is 10.2 Å². The molecular weight excluding hydrogens is 692 g/mol. The SMILES string of the molecule is CC1(C)C(CC(=O)c2ccc(CCCC3CN(c4ccc5c(c4)C(=O)N(C4CCC(=O)NC4=O)C5=O)C3)cc2)C(C)(C)C1Oc1ccc(C#N)c(Cl)c1. The van der Waals surface area contributed by atoms with Crippen molar-refractivity contribution in [1.29, 1.82) is 5.26 Å². The van der Waals surface area contributed by atoms with Gasteiger partial charge < -0.3 is 9.64 Å². The minimum absolute atomic E-state index is 0.0884. The molecule has 53 heavy (non-hydrogen) atoms. The Hall–Kier alpha value is -5.01. The molecule has 0 radical (unpaired) electrons. The average Bonchev–Trinajstić information content (AvgIpc) is 3.35. The summed E-state index contributed by atoms with van der Waals surface area (Å²) >= 11 is 6.24. The Bertz CT molecular complexity index is 2050. The Morgan fingerprint density at radius 2 is 1.64 bits per heavy atom. The highest BCUT2D eigenvalue weighted by atomic mass is 35.5. The van der Waals surface area contributed by atoms with Gasteiger partial charge in [0.2, 0.25) is 11.8 Å². The summed E-state index contributed by atoms with van der Waals surface area (Å²) in [5, 5.41) is 11.8. The summed E-state index contributed by atoms with van der Waals surface area (Å²) in [6.45, 7) is 10.3. The van der Waals surface area contributed by atoms with Crippen molar-refractivity contribution in [3.63, 3.8) is 0 Å². The third kappa shape index (κ3) is 6.61. The van der Waals surface area contributed by atoms with E-state index in [9.17, 15) is 29.2 Å². The summed E-state index contributed by atoms with van der Waals surface area (Å²) in [6.07, 6.45) is 3.50. The Balaban J connectivity index is 0.869. The number of benzene rings is 3. The molecule has 1 atom stereocenters. The number of ether oxygens (including phenoxy) is 1. The quantitative estimate of drug-likeness (QED) is 0.168. The van der Waals surface area contributed by atoms with Gasteiger partial charge in [0.1, 0.15) is 24.0 Å². The fourth-order valence-corrected chi connectivity index (χ4v) is 9.40. The number of carbonyl (C=O) groups excluding carboxylic acids is 5. The van der Waals surface area contributed by atoms with Crippen LogP contribution in [0.3, 0.4) is 0 Å². The number of fused-ring (bicyclic) bond motifs is 1. The Kier molecular flexibility index (Phi) is 9.44. The largest absolute Gasteiger partial charge is 0.489 e. The Labute approximate surface area is 314 Å². The van der Waals surface area contributed by atoms with E-state index in [1.54, 1.807) is 30.3 Å². The molecule has 4 amide bonds. The van der Waals surface area contributed by atoms with Crippen LogP contribution in [0.4, 0.5) is 5.69 Å². The number of imide groups is 2. The predicted octanol–water partition coefficient (Wildman–Crippen LogP) is 6.77. The lowest BCUT2D eigenvalue weighted by atomic mass is 9.44. The van der Waals surface area contributed by atoms with Gasteiger partial charge in [-0.25, -0.2) is 0 Å². The summed E-state index contributed by atoms with van der Waals surface area (Å²) in [7, 11) is 0. The van der Waals surface area contributed by atoms with Gasteiger partial charge in [-0.05, 0) is 73.4 Å². The molecule has 3 heterocycles. The first-order valence-corrected chi connectivity index (χ1v) is 18.7. The molecule has 0 spiro atoms. The summed E-state index contributed by atoms with van der Waals surface area (Å²) in [5.41, 5.74) is 3.29. The van der Waals surface area contributed by atoms with E-state index >= 15 is 0 Å². The number of rotatable bonds is 11. The molecule has 1 N–H and O–H groups in total. The van der Waals surface area contributed by atoms with Gasteiger partial charge >= 0.3 is 0 Å². The van der Waals surface area contributed by atoms with Gasteiger partial charge in [-0.15, -0.1) is 0 Å². The van der Waals surface area contributed by atoms with Gasteiger partial charge in [0, 0.05) is 54.1 Å². The molecule has 4 aliphatic rings. The van der Waals surface area contributed by atoms with Crippen molar-refractivity contribution in [2.45, 2.75) is 78.4 Å². The van der Waals surface area contributed by atoms with Crippen molar-refractivity contribution < 1.29 is 28.7 Å². The molecule has 3 aliphatic heterocycles. The van der Waals surface area contributed by atoms with Crippen LogP contribution >= 0.6 is 11.6 Å². The molecule has 2 saturated heterocycles. The molecule has 3 fully saturated rings. The molecule has 1 aliphatic carbocycles. The highest BCUT2D eigenvalue weighted by molar-refractivity contribution is 6.31. The van der Waals surface area contributed by atoms with Gasteiger partial charge in [0.05, 0.1) is 21.7 Å². The van der Waals surface area contributed by atoms with Gasteiger partial charge in [-0.1, -0.05) is 63.6 Å². The number of halogens is 1. The van der Waals surface area contributed by atoms with Gasteiger partial charge in [0.15, 0.2) is 5.78 Å². The molecule has 1 unspecified atom stereocenters. The number of nitriles is 1. The van der Waals surface area contributed by atoms with Gasteiger partial charge in [0.25, 0.3) is 11.8 Å². The Morgan fingerprint density at radius 3 is 2.30 bits per heavy atom. The number of aryl methyl sites for hydroxylation is 1. The van der Waals surface area contributed by atoms with Crippen LogP contribution in [0.15, 0.2) is 60.7 Å². The minimum Gasteiger partial charge on any atom is -0.489 e. The predicted molar refractivity (Wildman–Crippen MR) is 199 cm³/mol. The van der Waals surface area contributed by atoms with Crippen molar-refractivity contribution in [3.8, 4) is 11.8 Å². The van der Waals surface area contributed by atoms with Crippen molar-refractivity contribution in [3.05, 3.63) is 93.5 Å². The number of anilines is 1. The van der Waals surface area contributed by atoms with Crippen LogP contribution in [0, 0.1) is 34.0 Å². The molecule has 7 rings (SSSR count). The third-order valence-corrected chi connectivity index (χ3v) is 12.3. The topological polar surface area (TPSA) is 137 Å². The summed E-state index contributed by atoms with van der Waals surface area (Å²) < 4.78 is 6.39. The monoisotopic (exact) mass is 734 g/mol. The van der Waals surface area contributed by atoms with E-state index in [0.717, 1.165) is 42.9 Å². The van der Waals surface area contributed by atoms with Crippen LogP contribution < -0.4 is 15.0 Å². The number of hydrogen-bond acceptors (Lipinski definition) is 8. The maximum Gasteiger partial charge on any atom is 0.262 e. The fourth-order valence-electron chi connectivity index (χ4n) is 9.19. The van der Waals surface area contributed by atoms with E-state index in [1.807, 2.05) is 18.2 Å². The minimum atomic E-state index is -0.974. The molecule has 10 nitrogen and oxygen atoms in total. The van der Waals surface area contributed by atoms with Crippen molar-refractivity contribution in [2.24, 2.45) is 22.7 Å². The van der Waals surface area contributed by atoms with Crippen molar-refractivity contribution >= 4 is 46.7 Å². The highest BCUT2D eigenvalue weighted by Gasteiger charge is 2.63. The van der Waals surface area contributed by atoms with E-state index in [1.165, 1.54) is 5.56 Å². The third-order valence-electron chi connectivity index (χ3n) is 12.0. The van der Waals surface area contributed by atoms with Crippen LogP contribution in [-0.4, -0.2) is 59.5 Å². The number of nitrogens with one attached hydrogen (secondary N) is 1. The first-order valence-electron chi connectivity index (χ1n) is 18.3. The number of nitrogens with zero attached hydrogens (tertiary/aromatic N) is 3. The highest BCUT2D eigenvalue weighted by Crippen LogP contribution is 2.61. The van der Waals surface area contributed by atoms with E-state index in [0.29, 0.717) is 39.8 Å². The summed E-state index contributed by atoms with van der Waals surface area (Å²) in [6, 6.07) is 19.5. The summed E-state index contributed by atoms with van der Waals surface area (Å²) in [5.74, 6) is -0.627. The second-order valence-corrected chi connectivity index (χ2v) is 16.5. The molecular formula is C42H43ClN4O6. The molecule has 3 aromatic carbocycles. The lowest BCUT2D eigenvalue weighted by Gasteiger charge is -2.63. The molecule has 1 saturated carbocycles. The van der Waals surface area contributed by atoms with E-state index in [4.69, 9.17) is 16.3 Å². The standard InChI is InChI=1S/C42H43ClN4O6/c1-41(2)35(42(3,4)40(41)53-29-14-12-27(21-44)32(43)19-29)20-34(48)26-10-8-24(9-11-26)6-5-7-25-22-46(23-25)28-13-15-30-31(18-28)39(52)47(38(30)51)33-16-17-36(49)45-37(33)50/h8-15,18-19,25,33,35,40H,5-7,16-17,20,22-23H2,1-4H3,(H,45,49,50). The van der Waals surface area contributed by atoms with Crippen molar-refractivity contribution in [2.75, 3.05) is 18.0 Å². The fraction of sp³-hybridized carbons (Fsp3) is 0.429. The van der Waals surface area contributed by atoms with E-state index in [-0.39, 0.29) is 47.0 Å². The zero-order chi connectivity index (χ0) is 37.8. The number of Topliss-reactive ketones (excluding diaryl/α,β-unsaturated/α-hetero) is 1. The molecule has 0 aromatic heterocycles. The summed E-state index contributed by atoms with van der Waals surface area (Å²) in [4.78, 5) is 66.8. The lowest BCUT2D eigenvalue weighted by Crippen LogP contribution is -2.66. The number of hydrogen-bond donors (Lipinski definition) is 1. The lowest BCUT2D eigenvalue weighted by molar-refractivity contribution is -0.196. The first kappa shape index (κ1) is 36.4. The van der Waals surface area contributed by atoms with Gasteiger partial charge in [-0.3, -0.25) is 34.2 Å². The Morgan fingerprint density at radius 1 is 0.943 bits per heavy atom. The maximum atomic E-state index is 13.5. The normalized spacial score (nSPS) is 23.1. The molecule has 0 bridgehead atoms. The van der Waals surface area contributed by atoms with Crippen LogP contribution in [0.5, 0.6) is 5.75 Å². The second kappa shape index (κ2) is 13.8. The molecule has 11 heteroatoms. The van der Waals surface area contributed by atoms with Gasteiger partial charge in [-0.2, -0.15) is 5.26 Å². The zero-order valence-electron chi connectivity index (χ0n) is 30.4. The van der Waals surface area contributed by atoms with Crippen LogP contribution in [0.2, 0.25) is 5.02 Å². The first-order chi connectivity index (χ1) is 25.2. The van der Waals surface area contributed by atoms with E-state index < -0.39 is 29.7 Å².